The Morgan fingerprint density at radius 1 is 1.31 bits per heavy atom. The Hall–Kier alpha value is -1.42. The number of allylic oxidation sites excluding steroid dienone is 3. The van der Waals surface area contributed by atoms with Crippen molar-refractivity contribution in [3.05, 3.63) is 23.5 Å². The van der Waals surface area contributed by atoms with E-state index in [-0.39, 0.29) is 11.7 Å². The first-order valence-electron chi connectivity index (χ1n) is 10.2. The van der Waals surface area contributed by atoms with Crippen molar-refractivity contribution in [3.63, 3.8) is 0 Å². The van der Waals surface area contributed by atoms with Crippen molar-refractivity contribution >= 4 is 12.3 Å². The number of ether oxygens (including phenoxy) is 1. The summed E-state index contributed by atoms with van der Waals surface area (Å²) in [5, 5.41) is 11.1. The molecule has 0 radical (unpaired) electrons. The maximum absolute atomic E-state index is 11.2. The highest BCUT2D eigenvalue weighted by Gasteiger charge is 2.61. The highest BCUT2D eigenvalue weighted by atomic mass is 16.5. The zero-order valence-electron chi connectivity index (χ0n) is 15.9. The van der Waals surface area contributed by atoms with Crippen molar-refractivity contribution in [3.8, 4) is 0 Å². The molecule has 3 fully saturated rings. The summed E-state index contributed by atoms with van der Waals surface area (Å²) in [4.78, 5) is 21.8. The Bertz CT molecular complexity index is 674. The number of hydrogen-bond acceptors (Lipinski definition) is 4. The number of aldehydes is 1. The van der Waals surface area contributed by atoms with Gasteiger partial charge in [0.1, 0.15) is 5.76 Å². The monoisotopic (exact) mass is 358 g/mol. The van der Waals surface area contributed by atoms with Gasteiger partial charge < -0.3 is 9.84 Å². The maximum atomic E-state index is 11.2. The van der Waals surface area contributed by atoms with Crippen molar-refractivity contribution < 1.29 is 19.4 Å². The summed E-state index contributed by atoms with van der Waals surface area (Å²) >= 11 is 0. The van der Waals surface area contributed by atoms with Crippen LogP contribution in [-0.4, -0.2) is 23.0 Å². The Morgan fingerprint density at radius 2 is 2.12 bits per heavy atom. The summed E-state index contributed by atoms with van der Waals surface area (Å²) in [7, 11) is 0. The highest BCUT2D eigenvalue weighted by molar-refractivity contribution is 6.20. The molecule has 0 aliphatic heterocycles. The van der Waals surface area contributed by atoms with E-state index >= 15 is 0 Å². The summed E-state index contributed by atoms with van der Waals surface area (Å²) in [6, 6.07) is 0. The van der Waals surface area contributed by atoms with Crippen molar-refractivity contribution in [1.29, 1.82) is 0 Å². The summed E-state index contributed by atoms with van der Waals surface area (Å²) < 4.78 is 5.10. The molecule has 26 heavy (non-hydrogen) atoms. The summed E-state index contributed by atoms with van der Waals surface area (Å²) in [6.45, 7) is 4.33. The van der Waals surface area contributed by atoms with Gasteiger partial charge in [0.05, 0.1) is 5.60 Å². The molecule has 1 N–H and O–H groups in total. The van der Waals surface area contributed by atoms with Gasteiger partial charge in [0.2, 0.25) is 6.29 Å². The first-order valence-corrected chi connectivity index (χ1v) is 10.2. The standard InChI is InChI=1S/C22H30O4/c1-3-22-11-8-17-16-7-5-15(26-20(24)13-23)12-14(16)4-6-18(17)19(22)9-10-21(22,2)25/h5,12-13,16-19,25H,3-4,6-11H2,1-2H3/t16?,17?,18?,19?,21-,22-/m0/s1. The normalized spacial score (nSPS) is 44.1. The number of fused-ring (bicyclic) bond motifs is 5. The fourth-order valence-corrected chi connectivity index (χ4v) is 7.11. The molecule has 0 bridgehead atoms. The third-order valence-electron chi connectivity index (χ3n) is 8.32. The Kier molecular flexibility index (Phi) is 4.37. The largest absolute Gasteiger partial charge is 0.421 e. The molecule has 0 aromatic rings. The molecule has 0 amide bonds. The molecular formula is C22H30O4. The second-order valence-electron chi connectivity index (χ2n) is 9.04. The van der Waals surface area contributed by atoms with E-state index in [0.29, 0.717) is 29.4 Å². The van der Waals surface area contributed by atoms with Crippen LogP contribution in [-0.2, 0) is 14.3 Å². The van der Waals surface area contributed by atoms with Crippen LogP contribution in [0.2, 0.25) is 0 Å². The number of carbonyl (C=O) groups excluding carboxylic acids is 2. The quantitative estimate of drug-likeness (QED) is 0.472. The number of aliphatic hydroxyl groups is 1. The molecule has 0 spiro atoms. The number of rotatable bonds is 3. The second-order valence-corrected chi connectivity index (χ2v) is 9.04. The van der Waals surface area contributed by atoms with Crippen LogP contribution in [0.3, 0.4) is 0 Å². The lowest BCUT2D eigenvalue weighted by atomic mass is 9.50. The van der Waals surface area contributed by atoms with Gasteiger partial charge in [-0.2, -0.15) is 0 Å². The minimum Gasteiger partial charge on any atom is -0.421 e. The van der Waals surface area contributed by atoms with Crippen LogP contribution in [0, 0.1) is 29.1 Å². The van der Waals surface area contributed by atoms with Crippen LogP contribution in [0.15, 0.2) is 23.5 Å². The first kappa shape index (κ1) is 18.0. The lowest BCUT2D eigenvalue weighted by Gasteiger charge is -2.56. The fourth-order valence-electron chi connectivity index (χ4n) is 7.11. The molecule has 4 nitrogen and oxygen atoms in total. The van der Waals surface area contributed by atoms with E-state index in [9.17, 15) is 14.7 Å². The smallest absolute Gasteiger partial charge is 0.376 e. The van der Waals surface area contributed by atoms with Gasteiger partial charge in [-0.25, -0.2) is 4.79 Å². The average Bonchev–Trinajstić information content (AvgIpc) is 2.92. The number of carbonyl (C=O) groups is 2. The Labute approximate surface area is 155 Å². The minimum atomic E-state index is -0.821. The van der Waals surface area contributed by atoms with E-state index in [0.717, 1.165) is 38.5 Å². The molecule has 6 atom stereocenters. The lowest BCUT2D eigenvalue weighted by molar-refractivity contribution is -0.145. The van der Waals surface area contributed by atoms with Crippen LogP contribution < -0.4 is 0 Å². The third-order valence-corrected chi connectivity index (χ3v) is 8.32. The van der Waals surface area contributed by atoms with Gasteiger partial charge in [0, 0.05) is 5.41 Å². The predicted molar refractivity (Wildman–Crippen MR) is 97.9 cm³/mol. The maximum Gasteiger partial charge on any atom is 0.376 e. The van der Waals surface area contributed by atoms with Crippen molar-refractivity contribution in [2.45, 2.75) is 70.8 Å². The molecule has 4 unspecified atom stereocenters. The SMILES string of the molecule is CC[C@]12CCC3C4CC=C(OC(=O)C=O)C=C4CCC3C1CC[C@]2(C)O. The molecule has 0 aromatic carbocycles. The number of hydrogen-bond donors (Lipinski definition) is 1. The molecule has 0 aromatic heterocycles. The molecule has 4 heteroatoms. The zero-order valence-corrected chi connectivity index (χ0v) is 15.9. The van der Waals surface area contributed by atoms with Gasteiger partial charge in [0.15, 0.2) is 0 Å². The molecule has 0 heterocycles. The number of esters is 1. The second kappa shape index (κ2) is 6.33. The minimum absolute atomic E-state index is 0.102. The van der Waals surface area contributed by atoms with E-state index in [1.807, 2.05) is 12.2 Å². The van der Waals surface area contributed by atoms with Gasteiger partial charge in [-0.05, 0) is 94.1 Å². The molecule has 0 saturated heterocycles. The molecule has 4 aliphatic rings. The predicted octanol–water partition coefficient (Wildman–Crippen LogP) is 3.94. The summed E-state index contributed by atoms with van der Waals surface area (Å²) in [5.74, 6) is 2.27. The Balaban J connectivity index is 1.55. The van der Waals surface area contributed by atoms with Gasteiger partial charge >= 0.3 is 5.97 Å². The van der Waals surface area contributed by atoms with Gasteiger partial charge in [0.25, 0.3) is 0 Å². The molecule has 142 valence electrons. The summed E-state index contributed by atoms with van der Waals surface area (Å²) in [5.41, 5.74) is 0.969. The van der Waals surface area contributed by atoms with E-state index < -0.39 is 11.6 Å². The molecular weight excluding hydrogens is 328 g/mol. The van der Waals surface area contributed by atoms with E-state index in [1.54, 1.807) is 0 Å². The summed E-state index contributed by atoms with van der Waals surface area (Å²) in [6.07, 6.45) is 12.8. The first-order chi connectivity index (χ1) is 12.4. The van der Waals surface area contributed by atoms with Gasteiger partial charge in [-0.15, -0.1) is 0 Å². The van der Waals surface area contributed by atoms with Crippen molar-refractivity contribution in [2.24, 2.45) is 29.1 Å². The van der Waals surface area contributed by atoms with Crippen LogP contribution in [0.4, 0.5) is 0 Å². The molecule has 3 saturated carbocycles. The average molecular weight is 358 g/mol. The van der Waals surface area contributed by atoms with Crippen LogP contribution >= 0.6 is 0 Å². The van der Waals surface area contributed by atoms with E-state index in [1.165, 1.54) is 18.4 Å². The van der Waals surface area contributed by atoms with Crippen LogP contribution in [0.25, 0.3) is 0 Å². The van der Waals surface area contributed by atoms with Gasteiger partial charge in [-0.1, -0.05) is 12.5 Å². The van der Waals surface area contributed by atoms with Gasteiger partial charge in [-0.3, -0.25) is 4.79 Å². The fraction of sp³-hybridized carbons (Fsp3) is 0.727. The van der Waals surface area contributed by atoms with Crippen LogP contribution in [0.1, 0.15) is 65.2 Å². The third kappa shape index (κ3) is 2.52. The van der Waals surface area contributed by atoms with E-state index in [4.69, 9.17) is 4.74 Å². The molecule has 4 aliphatic carbocycles. The topological polar surface area (TPSA) is 63.6 Å². The lowest BCUT2D eigenvalue weighted by Crippen LogP contribution is -2.52. The van der Waals surface area contributed by atoms with Crippen LogP contribution in [0.5, 0.6) is 0 Å². The molecule has 4 rings (SSSR count). The van der Waals surface area contributed by atoms with Crippen molar-refractivity contribution in [2.75, 3.05) is 0 Å². The van der Waals surface area contributed by atoms with E-state index in [2.05, 4.69) is 13.8 Å². The van der Waals surface area contributed by atoms with Crippen molar-refractivity contribution in [1.82, 2.24) is 0 Å². The Morgan fingerprint density at radius 3 is 2.85 bits per heavy atom. The highest BCUT2D eigenvalue weighted by Crippen LogP contribution is 2.66. The zero-order chi connectivity index (χ0) is 18.5.